The second-order valence-corrected chi connectivity index (χ2v) is 24.1. The van der Waals surface area contributed by atoms with Crippen LogP contribution in [0.15, 0.2) is 200 Å². The molecule has 0 aromatic heterocycles. The zero-order valence-corrected chi connectivity index (χ0v) is 43.3. The van der Waals surface area contributed by atoms with E-state index in [4.69, 9.17) is 0 Å². The summed E-state index contributed by atoms with van der Waals surface area (Å²) in [4.78, 5) is 2.64. The molecular formula is C71H65N. The Hall–Kier alpha value is -7.22. The highest BCUT2D eigenvalue weighted by molar-refractivity contribution is 6.01. The molecule has 4 aliphatic carbocycles. The Labute approximate surface area is 428 Å². The number of hydrogen-bond donors (Lipinski definition) is 0. The Morgan fingerprint density at radius 2 is 0.708 bits per heavy atom. The van der Waals surface area contributed by atoms with Crippen molar-refractivity contribution in [2.24, 2.45) is 0 Å². The second-order valence-electron chi connectivity index (χ2n) is 24.1. The first-order chi connectivity index (χ1) is 34.7. The highest BCUT2D eigenvalue weighted by Crippen LogP contribution is 2.65. The molecular weight excluding hydrogens is 867 g/mol. The molecule has 13 rings (SSSR count). The maximum absolute atomic E-state index is 2.65. The fraction of sp³-hybridized carbons (Fsp3) is 0.239. The molecule has 0 saturated heterocycles. The monoisotopic (exact) mass is 932 g/mol. The Morgan fingerprint density at radius 1 is 0.278 bits per heavy atom. The normalized spacial score (nSPS) is 17.5. The molecule has 354 valence electrons. The van der Waals surface area contributed by atoms with E-state index in [1.165, 1.54) is 118 Å². The number of rotatable bonds is 6. The lowest BCUT2D eigenvalue weighted by molar-refractivity contribution is 0.332. The summed E-state index contributed by atoms with van der Waals surface area (Å²) in [5.41, 5.74) is 27.3. The molecule has 0 N–H and O–H groups in total. The summed E-state index contributed by atoms with van der Waals surface area (Å²) in [7, 11) is 0. The maximum Gasteiger partial charge on any atom is 0.0726 e. The Kier molecular flexibility index (Phi) is 9.86. The smallest absolute Gasteiger partial charge is 0.0726 e. The fourth-order valence-corrected chi connectivity index (χ4v) is 13.9. The van der Waals surface area contributed by atoms with E-state index in [1.807, 2.05) is 0 Å². The minimum Gasteiger partial charge on any atom is -0.310 e. The third-order valence-electron chi connectivity index (χ3n) is 18.0. The van der Waals surface area contributed by atoms with Crippen molar-refractivity contribution in [2.75, 3.05) is 4.90 Å². The van der Waals surface area contributed by atoms with Gasteiger partial charge in [-0.15, -0.1) is 0 Å². The van der Waals surface area contributed by atoms with E-state index in [2.05, 4.69) is 260 Å². The van der Waals surface area contributed by atoms with Gasteiger partial charge < -0.3 is 4.90 Å². The molecule has 0 amide bonds. The van der Waals surface area contributed by atoms with Crippen LogP contribution in [0.25, 0.3) is 55.6 Å². The molecule has 1 heteroatoms. The SMILES string of the molecule is CC1(C)CCC(C)(C)c2cc(N(c3ccc(-c4ccc(-c5ccccc5)cc4)cc3)c3cc4c(cc3-c3cccc5c3C(C)(C)CCC5(C)C)-c3ccccc3C43c4ccccc4-c4ccccc43)ccc21. The van der Waals surface area contributed by atoms with E-state index in [9.17, 15) is 0 Å². The van der Waals surface area contributed by atoms with Crippen LogP contribution in [0, 0.1) is 0 Å². The average Bonchev–Trinajstić information content (AvgIpc) is 3.86. The van der Waals surface area contributed by atoms with E-state index in [-0.39, 0.29) is 21.7 Å². The summed E-state index contributed by atoms with van der Waals surface area (Å²) in [6, 6.07) is 76.9. The van der Waals surface area contributed by atoms with Crippen molar-refractivity contribution in [3.8, 4) is 55.6 Å². The lowest BCUT2D eigenvalue weighted by Crippen LogP contribution is -2.34. The first kappa shape index (κ1) is 44.7. The van der Waals surface area contributed by atoms with Crippen molar-refractivity contribution in [2.45, 2.75) is 108 Å². The summed E-state index contributed by atoms with van der Waals surface area (Å²) in [6.45, 7) is 19.7. The molecule has 1 spiro atoms. The predicted octanol–water partition coefficient (Wildman–Crippen LogP) is 19.2. The van der Waals surface area contributed by atoms with E-state index in [1.54, 1.807) is 0 Å². The third-order valence-corrected chi connectivity index (χ3v) is 18.0. The van der Waals surface area contributed by atoms with Crippen molar-refractivity contribution in [3.05, 3.63) is 245 Å². The highest BCUT2D eigenvalue weighted by Gasteiger charge is 2.52. The van der Waals surface area contributed by atoms with Gasteiger partial charge in [0.15, 0.2) is 0 Å². The second kappa shape index (κ2) is 15.9. The quantitative estimate of drug-likeness (QED) is 0.161. The van der Waals surface area contributed by atoms with Gasteiger partial charge in [0, 0.05) is 16.9 Å². The summed E-state index contributed by atoms with van der Waals surface area (Å²) in [5.74, 6) is 0. The molecule has 0 fully saturated rings. The Balaban J connectivity index is 1.11. The largest absolute Gasteiger partial charge is 0.310 e. The molecule has 72 heavy (non-hydrogen) atoms. The molecule has 9 aromatic carbocycles. The highest BCUT2D eigenvalue weighted by atomic mass is 15.1. The van der Waals surface area contributed by atoms with Crippen LogP contribution in [-0.4, -0.2) is 0 Å². The molecule has 0 radical (unpaired) electrons. The first-order valence-corrected chi connectivity index (χ1v) is 26.5. The van der Waals surface area contributed by atoms with Gasteiger partial charge >= 0.3 is 0 Å². The molecule has 0 bridgehead atoms. The van der Waals surface area contributed by atoms with E-state index >= 15 is 0 Å². The van der Waals surface area contributed by atoms with Gasteiger partial charge in [-0.2, -0.15) is 0 Å². The summed E-state index contributed by atoms with van der Waals surface area (Å²) in [6.07, 6.45) is 4.63. The molecule has 0 atom stereocenters. The van der Waals surface area contributed by atoms with Crippen LogP contribution in [0.4, 0.5) is 17.1 Å². The van der Waals surface area contributed by atoms with Gasteiger partial charge in [0.1, 0.15) is 0 Å². The zero-order chi connectivity index (χ0) is 49.4. The Morgan fingerprint density at radius 3 is 1.29 bits per heavy atom. The average molecular weight is 932 g/mol. The van der Waals surface area contributed by atoms with Gasteiger partial charge in [0.25, 0.3) is 0 Å². The molecule has 0 unspecified atom stereocenters. The zero-order valence-electron chi connectivity index (χ0n) is 43.3. The Bertz CT molecular complexity index is 3570. The maximum atomic E-state index is 2.65. The summed E-state index contributed by atoms with van der Waals surface area (Å²) in [5, 5.41) is 0. The summed E-state index contributed by atoms with van der Waals surface area (Å²) >= 11 is 0. The van der Waals surface area contributed by atoms with Gasteiger partial charge in [-0.1, -0.05) is 219 Å². The topological polar surface area (TPSA) is 3.24 Å². The van der Waals surface area contributed by atoms with Crippen LogP contribution in [0.1, 0.15) is 126 Å². The standard InChI is InChI=1S/C71H65N/c1-67(2)39-40-69(5,6)64-43-51(37-38-61(64)67)72(50-35-33-49(34-36-50)48-31-29-47(30-32-48)46-19-10-9-11-20-46)65-45-63-56(44-57(65)55-24-18-28-62-66(55)70(7,8)42-41-68(62,3)4)54-23-14-17-27-60(54)71(63)58-25-15-12-21-52(58)53-22-13-16-26-59(53)71/h9-38,43-45H,39-42H2,1-8H3. The molecule has 0 heterocycles. The van der Waals surface area contributed by atoms with Crippen LogP contribution in [-0.2, 0) is 27.1 Å². The van der Waals surface area contributed by atoms with Crippen LogP contribution in [0.3, 0.4) is 0 Å². The van der Waals surface area contributed by atoms with Crippen molar-refractivity contribution in [1.82, 2.24) is 0 Å². The van der Waals surface area contributed by atoms with Crippen molar-refractivity contribution in [3.63, 3.8) is 0 Å². The summed E-state index contributed by atoms with van der Waals surface area (Å²) < 4.78 is 0. The van der Waals surface area contributed by atoms with Crippen LogP contribution in [0.2, 0.25) is 0 Å². The number of benzene rings is 9. The molecule has 0 saturated carbocycles. The minimum atomic E-state index is -0.493. The van der Waals surface area contributed by atoms with Crippen LogP contribution in [0.5, 0.6) is 0 Å². The van der Waals surface area contributed by atoms with Gasteiger partial charge in [0.2, 0.25) is 0 Å². The lowest BCUT2D eigenvalue weighted by atomic mass is 9.61. The third kappa shape index (κ3) is 6.58. The number of anilines is 3. The number of hydrogen-bond acceptors (Lipinski definition) is 1. The van der Waals surface area contributed by atoms with E-state index in [0.717, 1.165) is 24.9 Å². The molecule has 0 aliphatic heterocycles. The fourth-order valence-electron chi connectivity index (χ4n) is 13.9. The van der Waals surface area contributed by atoms with Gasteiger partial charge in [-0.3, -0.25) is 0 Å². The van der Waals surface area contributed by atoms with Crippen molar-refractivity contribution >= 4 is 17.1 Å². The van der Waals surface area contributed by atoms with Crippen LogP contribution >= 0.6 is 0 Å². The first-order valence-electron chi connectivity index (χ1n) is 26.5. The van der Waals surface area contributed by atoms with Crippen molar-refractivity contribution in [1.29, 1.82) is 0 Å². The van der Waals surface area contributed by atoms with Crippen molar-refractivity contribution < 1.29 is 0 Å². The molecule has 1 nitrogen and oxygen atoms in total. The predicted molar refractivity (Wildman–Crippen MR) is 304 cm³/mol. The van der Waals surface area contributed by atoms with Gasteiger partial charge in [0.05, 0.1) is 11.1 Å². The van der Waals surface area contributed by atoms with E-state index < -0.39 is 5.41 Å². The lowest BCUT2D eigenvalue weighted by Gasteiger charge is -2.44. The van der Waals surface area contributed by atoms with Gasteiger partial charge in [-0.05, 0) is 178 Å². The van der Waals surface area contributed by atoms with E-state index in [0.29, 0.717) is 0 Å². The minimum absolute atomic E-state index is 0.0237. The molecule has 9 aromatic rings. The van der Waals surface area contributed by atoms with Crippen LogP contribution < -0.4 is 4.90 Å². The number of fused-ring (bicyclic) bond motifs is 12. The number of nitrogens with zero attached hydrogens (tertiary/aromatic N) is 1. The van der Waals surface area contributed by atoms with Gasteiger partial charge in [-0.25, -0.2) is 0 Å². The molecule has 4 aliphatic rings.